The second-order valence-corrected chi connectivity index (χ2v) is 4.76. The SMILES string of the molecule is O=c1[nH]cc(Br)c(=O)n1C1CCCCC1. The van der Waals surface area contributed by atoms with E-state index in [0.29, 0.717) is 4.47 Å². The quantitative estimate of drug-likeness (QED) is 0.848. The summed E-state index contributed by atoms with van der Waals surface area (Å²) in [5.41, 5.74) is -0.513. The zero-order valence-electron chi connectivity index (χ0n) is 8.33. The first-order valence-corrected chi connectivity index (χ1v) is 5.99. The van der Waals surface area contributed by atoms with Crippen molar-refractivity contribution in [3.8, 4) is 0 Å². The van der Waals surface area contributed by atoms with Gasteiger partial charge in [0, 0.05) is 12.2 Å². The van der Waals surface area contributed by atoms with Gasteiger partial charge in [-0.1, -0.05) is 19.3 Å². The van der Waals surface area contributed by atoms with Gasteiger partial charge < -0.3 is 4.98 Å². The third-order valence-electron chi connectivity index (χ3n) is 2.90. The van der Waals surface area contributed by atoms with Gasteiger partial charge in [-0.25, -0.2) is 4.79 Å². The lowest BCUT2D eigenvalue weighted by atomic mass is 9.95. The topological polar surface area (TPSA) is 54.9 Å². The van der Waals surface area contributed by atoms with E-state index in [0.717, 1.165) is 25.7 Å². The minimum Gasteiger partial charge on any atom is -0.313 e. The molecule has 15 heavy (non-hydrogen) atoms. The zero-order chi connectivity index (χ0) is 10.8. The average molecular weight is 273 g/mol. The van der Waals surface area contributed by atoms with Crippen molar-refractivity contribution in [2.24, 2.45) is 0 Å². The molecule has 2 rings (SSSR count). The van der Waals surface area contributed by atoms with Gasteiger partial charge in [0.05, 0.1) is 4.47 Å². The first kappa shape index (κ1) is 10.7. The maximum Gasteiger partial charge on any atom is 0.328 e. The van der Waals surface area contributed by atoms with Crippen LogP contribution in [-0.4, -0.2) is 9.55 Å². The summed E-state index contributed by atoms with van der Waals surface area (Å²) >= 11 is 3.14. The number of aromatic nitrogens is 2. The Hall–Kier alpha value is -0.840. The predicted octanol–water partition coefficient (Wildman–Crippen LogP) is 1.80. The summed E-state index contributed by atoms with van der Waals surface area (Å²) in [7, 11) is 0. The number of H-pyrrole nitrogens is 1. The molecule has 0 aliphatic heterocycles. The van der Waals surface area contributed by atoms with Crippen molar-refractivity contribution in [2.75, 3.05) is 0 Å². The van der Waals surface area contributed by atoms with Gasteiger partial charge in [0.1, 0.15) is 0 Å². The maximum atomic E-state index is 11.8. The molecule has 1 fully saturated rings. The zero-order valence-corrected chi connectivity index (χ0v) is 9.92. The Balaban J connectivity index is 2.46. The number of rotatable bonds is 1. The molecule has 0 aromatic carbocycles. The fraction of sp³-hybridized carbons (Fsp3) is 0.600. The predicted molar refractivity (Wildman–Crippen MR) is 61.1 cm³/mol. The van der Waals surface area contributed by atoms with Crippen LogP contribution in [0.3, 0.4) is 0 Å². The molecule has 1 aromatic heterocycles. The molecular formula is C10H13BrN2O2. The summed E-state index contributed by atoms with van der Waals surface area (Å²) in [5.74, 6) is 0. The molecule has 0 bridgehead atoms. The van der Waals surface area contributed by atoms with Crippen LogP contribution >= 0.6 is 15.9 Å². The van der Waals surface area contributed by atoms with Crippen LogP contribution < -0.4 is 11.2 Å². The van der Waals surface area contributed by atoms with Gasteiger partial charge in [0.15, 0.2) is 0 Å². The van der Waals surface area contributed by atoms with Gasteiger partial charge in [-0.15, -0.1) is 0 Å². The molecule has 1 heterocycles. The monoisotopic (exact) mass is 272 g/mol. The highest BCUT2D eigenvalue weighted by Crippen LogP contribution is 2.25. The highest BCUT2D eigenvalue weighted by atomic mass is 79.9. The smallest absolute Gasteiger partial charge is 0.313 e. The lowest BCUT2D eigenvalue weighted by Gasteiger charge is -2.22. The van der Waals surface area contributed by atoms with E-state index in [4.69, 9.17) is 0 Å². The third kappa shape index (κ3) is 2.07. The van der Waals surface area contributed by atoms with Gasteiger partial charge in [-0.05, 0) is 28.8 Å². The molecule has 1 aliphatic carbocycles. The first-order valence-electron chi connectivity index (χ1n) is 5.20. The maximum absolute atomic E-state index is 11.8. The van der Waals surface area contributed by atoms with Crippen molar-refractivity contribution in [3.63, 3.8) is 0 Å². The molecule has 0 saturated heterocycles. The lowest BCUT2D eigenvalue weighted by molar-refractivity contribution is 0.335. The molecule has 0 amide bonds. The van der Waals surface area contributed by atoms with Crippen LogP contribution in [0.25, 0.3) is 0 Å². The Bertz CT molecular complexity index is 457. The molecule has 4 nitrogen and oxygen atoms in total. The number of nitrogens with one attached hydrogen (secondary N) is 1. The first-order chi connectivity index (χ1) is 7.20. The number of halogens is 1. The lowest BCUT2D eigenvalue weighted by Crippen LogP contribution is -2.38. The van der Waals surface area contributed by atoms with E-state index >= 15 is 0 Å². The standard InChI is InChI=1S/C10H13BrN2O2/c11-8-6-12-10(15)13(9(8)14)7-4-2-1-3-5-7/h6-7H,1-5H2,(H,12,15). The van der Waals surface area contributed by atoms with Crippen molar-refractivity contribution >= 4 is 15.9 Å². The molecular weight excluding hydrogens is 260 g/mol. The summed E-state index contributed by atoms with van der Waals surface area (Å²) in [6.07, 6.45) is 6.67. The molecule has 1 aromatic rings. The van der Waals surface area contributed by atoms with Crippen molar-refractivity contribution in [1.29, 1.82) is 0 Å². The fourth-order valence-electron chi connectivity index (χ4n) is 2.13. The van der Waals surface area contributed by atoms with E-state index in [1.54, 1.807) is 0 Å². The van der Waals surface area contributed by atoms with Crippen LogP contribution in [-0.2, 0) is 0 Å². The van der Waals surface area contributed by atoms with Gasteiger partial charge in [0.2, 0.25) is 0 Å². The summed E-state index contributed by atoms with van der Waals surface area (Å²) in [6.45, 7) is 0. The largest absolute Gasteiger partial charge is 0.328 e. The summed E-state index contributed by atoms with van der Waals surface area (Å²) in [4.78, 5) is 25.9. The van der Waals surface area contributed by atoms with Crippen molar-refractivity contribution in [1.82, 2.24) is 9.55 Å². The molecule has 0 unspecified atom stereocenters. The number of hydrogen-bond donors (Lipinski definition) is 1. The molecule has 0 radical (unpaired) electrons. The molecule has 1 N–H and O–H groups in total. The highest BCUT2D eigenvalue weighted by Gasteiger charge is 2.19. The Morgan fingerprint density at radius 3 is 2.60 bits per heavy atom. The van der Waals surface area contributed by atoms with Crippen molar-refractivity contribution in [3.05, 3.63) is 31.5 Å². The number of hydrogen-bond acceptors (Lipinski definition) is 2. The second-order valence-electron chi connectivity index (χ2n) is 3.91. The Labute approximate surface area is 95.5 Å². The van der Waals surface area contributed by atoms with Crippen LogP contribution in [0.5, 0.6) is 0 Å². The molecule has 82 valence electrons. The van der Waals surface area contributed by atoms with Crippen LogP contribution in [0.15, 0.2) is 20.3 Å². The molecule has 5 heteroatoms. The van der Waals surface area contributed by atoms with Gasteiger partial charge >= 0.3 is 5.69 Å². The number of nitrogens with zero attached hydrogens (tertiary/aromatic N) is 1. The van der Waals surface area contributed by atoms with E-state index in [2.05, 4.69) is 20.9 Å². The van der Waals surface area contributed by atoms with E-state index < -0.39 is 0 Å². The minimum absolute atomic E-state index is 0.0764. The Morgan fingerprint density at radius 2 is 1.93 bits per heavy atom. The molecule has 1 saturated carbocycles. The fourth-order valence-corrected chi connectivity index (χ4v) is 2.44. The molecule has 0 spiro atoms. The normalized spacial score (nSPS) is 17.9. The highest BCUT2D eigenvalue weighted by molar-refractivity contribution is 9.10. The van der Waals surface area contributed by atoms with E-state index in [1.165, 1.54) is 17.2 Å². The van der Waals surface area contributed by atoms with Crippen molar-refractivity contribution in [2.45, 2.75) is 38.1 Å². The Kier molecular flexibility index (Phi) is 3.09. The summed E-state index contributed by atoms with van der Waals surface area (Å²) < 4.78 is 1.77. The van der Waals surface area contributed by atoms with Gasteiger partial charge in [0.25, 0.3) is 5.56 Å². The van der Waals surface area contributed by atoms with Crippen LogP contribution in [0, 0.1) is 0 Å². The molecule has 0 atom stereocenters. The van der Waals surface area contributed by atoms with Crippen LogP contribution in [0.4, 0.5) is 0 Å². The second kappa shape index (κ2) is 4.35. The van der Waals surface area contributed by atoms with Gasteiger partial charge in [-0.2, -0.15) is 0 Å². The summed E-state index contributed by atoms with van der Waals surface area (Å²) in [6, 6.07) is 0.0764. The van der Waals surface area contributed by atoms with Gasteiger partial charge in [-0.3, -0.25) is 9.36 Å². The van der Waals surface area contributed by atoms with E-state index in [9.17, 15) is 9.59 Å². The third-order valence-corrected chi connectivity index (χ3v) is 3.47. The van der Waals surface area contributed by atoms with Crippen LogP contribution in [0.1, 0.15) is 38.1 Å². The Morgan fingerprint density at radius 1 is 1.27 bits per heavy atom. The van der Waals surface area contributed by atoms with Crippen LogP contribution in [0.2, 0.25) is 0 Å². The average Bonchev–Trinajstić information content (AvgIpc) is 2.26. The number of aromatic amines is 1. The molecule has 1 aliphatic rings. The van der Waals surface area contributed by atoms with E-state index in [1.807, 2.05) is 0 Å². The van der Waals surface area contributed by atoms with Crippen molar-refractivity contribution < 1.29 is 0 Å². The van der Waals surface area contributed by atoms with E-state index in [-0.39, 0.29) is 17.3 Å². The summed E-state index contributed by atoms with van der Waals surface area (Å²) in [5, 5.41) is 0. The minimum atomic E-state index is -0.296.